The van der Waals surface area contributed by atoms with E-state index >= 15 is 0 Å². The lowest BCUT2D eigenvalue weighted by Crippen LogP contribution is -2.45. The Morgan fingerprint density at radius 2 is 1.86 bits per heavy atom. The van der Waals surface area contributed by atoms with Crippen molar-refractivity contribution in [3.63, 3.8) is 0 Å². The van der Waals surface area contributed by atoms with E-state index in [4.69, 9.17) is 0 Å². The van der Waals surface area contributed by atoms with E-state index in [2.05, 4.69) is 17.6 Å². The van der Waals surface area contributed by atoms with Gasteiger partial charge in [0.05, 0.1) is 6.54 Å². The van der Waals surface area contributed by atoms with E-state index in [1.54, 1.807) is 6.07 Å². The number of hydrogen-bond donors (Lipinski definition) is 2. The Kier molecular flexibility index (Phi) is 5.58. The van der Waals surface area contributed by atoms with Gasteiger partial charge in [0.1, 0.15) is 0 Å². The topological polar surface area (TPSA) is 58.2 Å². The summed E-state index contributed by atoms with van der Waals surface area (Å²) in [6.07, 6.45) is 4.62. The lowest BCUT2D eigenvalue weighted by Gasteiger charge is -2.29. The Morgan fingerprint density at radius 3 is 2.55 bits per heavy atom. The summed E-state index contributed by atoms with van der Waals surface area (Å²) in [4.78, 5) is 24.1. The van der Waals surface area contributed by atoms with Gasteiger partial charge in [0.15, 0.2) is 0 Å². The van der Waals surface area contributed by atoms with Crippen LogP contribution in [-0.2, 0) is 4.79 Å². The number of carbonyl (C=O) groups is 2. The van der Waals surface area contributed by atoms with E-state index in [9.17, 15) is 9.59 Å². The van der Waals surface area contributed by atoms with Gasteiger partial charge >= 0.3 is 0 Å². The maximum absolute atomic E-state index is 12.1. The molecule has 2 N–H and O–H groups in total. The first-order chi connectivity index (χ1) is 10.5. The SMILES string of the molecule is Cc1ccc(C(=O)NCC(=O)N[C@@H]2CCCC[C@H]2C)cc1C. The van der Waals surface area contributed by atoms with Gasteiger partial charge in [0, 0.05) is 11.6 Å². The molecule has 1 aliphatic rings. The summed E-state index contributed by atoms with van der Waals surface area (Å²) in [6.45, 7) is 6.20. The van der Waals surface area contributed by atoms with Crippen molar-refractivity contribution < 1.29 is 9.59 Å². The second kappa shape index (κ2) is 7.43. The van der Waals surface area contributed by atoms with Crippen molar-refractivity contribution in [2.45, 2.75) is 52.5 Å². The molecule has 1 aromatic rings. The minimum absolute atomic E-state index is 0.0367. The average molecular weight is 302 g/mol. The Labute approximate surface area is 132 Å². The number of hydrogen-bond acceptors (Lipinski definition) is 2. The van der Waals surface area contributed by atoms with Crippen LogP contribution in [0.25, 0.3) is 0 Å². The summed E-state index contributed by atoms with van der Waals surface area (Å²) < 4.78 is 0. The molecule has 1 aliphatic carbocycles. The van der Waals surface area contributed by atoms with Crippen LogP contribution < -0.4 is 10.6 Å². The monoisotopic (exact) mass is 302 g/mol. The van der Waals surface area contributed by atoms with Crippen LogP contribution in [0.15, 0.2) is 18.2 Å². The van der Waals surface area contributed by atoms with Gasteiger partial charge in [0.2, 0.25) is 5.91 Å². The smallest absolute Gasteiger partial charge is 0.251 e. The summed E-state index contributed by atoms with van der Waals surface area (Å²) in [5, 5.41) is 5.74. The zero-order chi connectivity index (χ0) is 16.1. The van der Waals surface area contributed by atoms with Crippen LogP contribution in [0.1, 0.15) is 54.1 Å². The molecule has 0 heterocycles. The van der Waals surface area contributed by atoms with Crippen molar-refractivity contribution in [1.29, 1.82) is 0 Å². The van der Waals surface area contributed by atoms with Crippen molar-refractivity contribution in [3.05, 3.63) is 34.9 Å². The lowest BCUT2D eigenvalue weighted by atomic mass is 9.86. The Bertz CT molecular complexity index is 554. The zero-order valence-corrected chi connectivity index (χ0v) is 13.7. The summed E-state index contributed by atoms with van der Waals surface area (Å²) in [6, 6.07) is 5.82. The van der Waals surface area contributed by atoms with Gasteiger partial charge in [0.25, 0.3) is 5.91 Å². The molecule has 22 heavy (non-hydrogen) atoms. The van der Waals surface area contributed by atoms with Crippen LogP contribution >= 0.6 is 0 Å². The van der Waals surface area contributed by atoms with Crippen LogP contribution in [0.4, 0.5) is 0 Å². The highest BCUT2D eigenvalue weighted by atomic mass is 16.2. The molecule has 0 radical (unpaired) electrons. The fourth-order valence-electron chi connectivity index (χ4n) is 2.93. The van der Waals surface area contributed by atoms with Gasteiger partial charge in [-0.3, -0.25) is 9.59 Å². The van der Waals surface area contributed by atoms with Crippen molar-refractivity contribution in [2.75, 3.05) is 6.54 Å². The van der Waals surface area contributed by atoms with Gasteiger partial charge in [-0.1, -0.05) is 25.8 Å². The molecule has 4 heteroatoms. The minimum atomic E-state index is -0.199. The van der Waals surface area contributed by atoms with Gasteiger partial charge in [-0.25, -0.2) is 0 Å². The highest BCUT2D eigenvalue weighted by Crippen LogP contribution is 2.23. The lowest BCUT2D eigenvalue weighted by molar-refractivity contribution is -0.121. The third-order valence-corrected chi connectivity index (χ3v) is 4.64. The van der Waals surface area contributed by atoms with Crippen molar-refractivity contribution in [3.8, 4) is 0 Å². The number of benzene rings is 1. The molecule has 0 unspecified atom stereocenters. The van der Waals surface area contributed by atoms with Crippen LogP contribution in [0.5, 0.6) is 0 Å². The van der Waals surface area contributed by atoms with Crippen LogP contribution in [0, 0.1) is 19.8 Å². The molecule has 2 rings (SSSR count). The second-order valence-corrected chi connectivity index (χ2v) is 6.42. The third-order valence-electron chi connectivity index (χ3n) is 4.64. The van der Waals surface area contributed by atoms with E-state index in [1.807, 2.05) is 26.0 Å². The Morgan fingerprint density at radius 1 is 1.14 bits per heavy atom. The molecule has 0 saturated heterocycles. The molecule has 2 atom stereocenters. The zero-order valence-electron chi connectivity index (χ0n) is 13.7. The maximum atomic E-state index is 12.1. The second-order valence-electron chi connectivity index (χ2n) is 6.42. The highest BCUT2D eigenvalue weighted by Gasteiger charge is 2.22. The van der Waals surface area contributed by atoms with Gasteiger partial charge in [-0.2, -0.15) is 0 Å². The Balaban J connectivity index is 1.82. The maximum Gasteiger partial charge on any atom is 0.251 e. The summed E-state index contributed by atoms with van der Waals surface area (Å²) in [5.74, 6) is 0.221. The van der Waals surface area contributed by atoms with Crippen LogP contribution in [-0.4, -0.2) is 24.4 Å². The Hall–Kier alpha value is -1.84. The van der Waals surface area contributed by atoms with Gasteiger partial charge in [-0.05, 0) is 55.9 Å². The minimum Gasteiger partial charge on any atom is -0.352 e. The van der Waals surface area contributed by atoms with Gasteiger partial charge in [-0.15, -0.1) is 0 Å². The first kappa shape index (κ1) is 16.5. The summed E-state index contributed by atoms with van der Waals surface area (Å²) in [7, 11) is 0. The molecular formula is C18H26N2O2. The normalized spacial score (nSPS) is 21.2. The van der Waals surface area contributed by atoms with Crippen molar-refractivity contribution in [2.24, 2.45) is 5.92 Å². The number of rotatable bonds is 4. The molecule has 1 saturated carbocycles. The predicted molar refractivity (Wildman–Crippen MR) is 87.8 cm³/mol. The number of nitrogens with one attached hydrogen (secondary N) is 2. The molecule has 1 fully saturated rings. The van der Waals surface area contributed by atoms with E-state index in [-0.39, 0.29) is 24.4 Å². The predicted octanol–water partition coefficient (Wildman–Crippen LogP) is 2.73. The number of amides is 2. The molecule has 0 aromatic heterocycles. The van der Waals surface area contributed by atoms with Crippen LogP contribution in [0.2, 0.25) is 0 Å². The molecular weight excluding hydrogens is 276 g/mol. The molecule has 1 aromatic carbocycles. The van der Waals surface area contributed by atoms with Gasteiger partial charge < -0.3 is 10.6 Å². The first-order valence-corrected chi connectivity index (χ1v) is 8.12. The highest BCUT2D eigenvalue weighted by molar-refractivity contribution is 5.96. The average Bonchev–Trinajstić information content (AvgIpc) is 2.50. The fraction of sp³-hybridized carbons (Fsp3) is 0.556. The van der Waals surface area contributed by atoms with Crippen molar-refractivity contribution >= 4 is 11.8 Å². The fourth-order valence-corrected chi connectivity index (χ4v) is 2.93. The van der Waals surface area contributed by atoms with E-state index in [1.165, 1.54) is 19.3 Å². The van der Waals surface area contributed by atoms with E-state index in [0.29, 0.717) is 11.5 Å². The quantitative estimate of drug-likeness (QED) is 0.898. The largest absolute Gasteiger partial charge is 0.352 e. The molecule has 2 amide bonds. The van der Waals surface area contributed by atoms with Crippen molar-refractivity contribution in [1.82, 2.24) is 10.6 Å². The summed E-state index contributed by atoms with van der Waals surface area (Å²) in [5.41, 5.74) is 2.83. The number of carbonyl (C=O) groups excluding carboxylic acids is 2. The summed E-state index contributed by atoms with van der Waals surface area (Å²) >= 11 is 0. The standard InChI is InChI=1S/C18H26N2O2/c1-12-8-9-15(10-14(12)3)18(22)19-11-17(21)20-16-7-5-4-6-13(16)2/h8-10,13,16H,4-7,11H2,1-3H3,(H,19,22)(H,20,21)/t13-,16-/m1/s1. The molecule has 4 nitrogen and oxygen atoms in total. The molecule has 120 valence electrons. The molecule has 0 bridgehead atoms. The first-order valence-electron chi connectivity index (χ1n) is 8.12. The van der Waals surface area contributed by atoms with E-state index in [0.717, 1.165) is 17.5 Å². The molecule has 0 spiro atoms. The molecule has 0 aliphatic heterocycles. The van der Waals surface area contributed by atoms with E-state index < -0.39 is 0 Å². The number of aryl methyl sites for hydroxylation is 2. The van der Waals surface area contributed by atoms with Crippen LogP contribution in [0.3, 0.4) is 0 Å². The third kappa shape index (κ3) is 4.33.